The van der Waals surface area contributed by atoms with Crippen molar-refractivity contribution in [1.29, 1.82) is 5.26 Å². The smallest absolute Gasteiger partial charge is 0.292 e. The van der Waals surface area contributed by atoms with Gasteiger partial charge >= 0.3 is 0 Å². The molecule has 1 amide bonds. The minimum absolute atomic E-state index is 0.0476. The lowest BCUT2D eigenvalue weighted by molar-refractivity contribution is -0.383. The van der Waals surface area contributed by atoms with Crippen molar-refractivity contribution in [3.05, 3.63) is 81.0 Å². The number of fused-ring (bicyclic) bond motifs is 1. The number of para-hydroxylation sites is 2. The summed E-state index contributed by atoms with van der Waals surface area (Å²) in [6.07, 6.45) is 5.97. The third-order valence-corrected chi connectivity index (χ3v) is 5.06. The van der Waals surface area contributed by atoms with Gasteiger partial charge in [0.05, 0.1) is 4.92 Å². The number of aryl methyl sites for hydroxylation is 2. The monoisotopic (exact) mass is 390 g/mol. The zero-order valence-corrected chi connectivity index (χ0v) is 16.1. The second-order valence-corrected chi connectivity index (χ2v) is 7.02. The molecule has 2 aromatic carbocycles. The van der Waals surface area contributed by atoms with Crippen LogP contribution in [0.25, 0.3) is 0 Å². The lowest BCUT2D eigenvalue weighted by atomic mass is 9.89. The molecular weight excluding hydrogens is 368 g/mol. The van der Waals surface area contributed by atoms with E-state index in [1.54, 1.807) is 6.07 Å². The number of benzene rings is 2. The van der Waals surface area contributed by atoms with E-state index in [1.807, 2.05) is 13.0 Å². The molecule has 3 rings (SSSR count). The van der Waals surface area contributed by atoms with Crippen LogP contribution in [-0.2, 0) is 17.6 Å². The molecule has 0 spiro atoms. The number of nitrogens with one attached hydrogen (secondary N) is 2. The molecule has 2 aromatic rings. The van der Waals surface area contributed by atoms with Crippen LogP contribution < -0.4 is 10.6 Å². The molecule has 0 fully saturated rings. The maximum atomic E-state index is 12.4. The van der Waals surface area contributed by atoms with Crippen molar-refractivity contribution in [3.8, 4) is 6.07 Å². The Labute approximate surface area is 169 Å². The van der Waals surface area contributed by atoms with E-state index in [1.165, 1.54) is 48.4 Å². The van der Waals surface area contributed by atoms with Gasteiger partial charge in [-0.1, -0.05) is 30.3 Å². The quantitative estimate of drug-likeness (QED) is 0.333. The number of hydrogen-bond acceptors (Lipinski definition) is 5. The molecule has 7 nitrogen and oxygen atoms in total. The van der Waals surface area contributed by atoms with Crippen molar-refractivity contribution >= 4 is 17.3 Å². The van der Waals surface area contributed by atoms with Crippen molar-refractivity contribution in [1.82, 2.24) is 5.32 Å². The molecule has 1 atom stereocenters. The molecule has 0 saturated heterocycles. The summed E-state index contributed by atoms with van der Waals surface area (Å²) in [6, 6.07) is 14.0. The summed E-state index contributed by atoms with van der Waals surface area (Å²) in [5, 5.41) is 25.9. The Morgan fingerprint density at radius 2 is 1.93 bits per heavy atom. The topological polar surface area (TPSA) is 108 Å². The summed E-state index contributed by atoms with van der Waals surface area (Å²) in [4.78, 5) is 22.9. The Bertz CT molecular complexity index is 1010. The summed E-state index contributed by atoms with van der Waals surface area (Å²) in [5.74, 6) is -0.702. The molecular formula is C22H22N4O3. The second-order valence-electron chi connectivity index (χ2n) is 7.02. The molecule has 1 aliphatic carbocycles. The molecule has 7 heteroatoms. The van der Waals surface area contributed by atoms with Gasteiger partial charge in [-0.15, -0.1) is 0 Å². The van der Waals surface area contributed by atoms with Crippen molar-refractivity contribution < 1.29 is 9.72 Å². The first-order valence-corrected chi connectivity index (χ1v) is 9.52. The number of rotatable bonds is 6. The first-order valence-electron chi connectivity index (χ1n) is 9.52. The lowest BCUT2D eigenvalue weighted by Crippen LogP contribution is -2.19. The van der Waals surface area contributed by atoms with Crippen LogP contribution in [0.1, 0.15) is 42.5 Å². The van der Waals surface area contributed by atoms with Crippen LogP contribution in [0, 0.1) is 21.4 Å². The van der Waals surface area contributed by atoms with Gasteiger partial charge in [-0.05, 0) is 55.4 Å². The van der Waals surface area contributed by atoms with Gasteiger partial charge in [-0.3, -0.25) is 14.9 Å². The maximum absolute atomic E-state index is 12.4. The largest absolute Gasteiger partial charge is 0.383 e. The molecule has 1 aliphatic rings. The van der Waals surface area contributed by atoms with Crippen LogP contribution in [-0.4, -0.2) is 10.8 Å². The van der Waals surface area contributed by atoms with Crippen molar-refractivity contribution in [2.75, 3.05) is 5.32 Å². The first-order chi connectivity index (χ1) is 14.0. The average Bonchev–Trinajstić information content (AvgIpc) is 2.73. The number of hydrogen-bond donors (Lipinski definition) is 2. The van der Waals surface area contributed by atoms with Crippen molar-refractivity contribution in [2.24, 2.45) is 0 Å². The Kier molecular flexibility index (Phi) is 6.25. The highest BCUT2D eigenvalue weighted by atomic mass is 16.6. The number of nitrogens with zero attached hydrogens (tertiary/aromatic N) is 2. The summed E-state index contributed by atoms with van der Waals surface area (Å²) >= 11 is 0. The summed E-state index contributed by atoms with van der Waals surface area (Å²) in [6.45, 7) is 1.95. The number of carbonyl (C=O) groups excluding carboxylic acids is 1. The second kappa shape index (κ2) is 9.02. The third-order valence-electron chi connectivity index (χ3n) is 5.06. The van der Waals surface area contributed by atoms with E-state index in [9.17, 15) is 20.2 Å². The number of carbonyl (C=O) groups is 1. The Hall–Kier alpha value is -3.66. The molecule has 0 aromatic heterocycles. The number of nitriles is 1. The molecule has 148 valence electrons. The van der Waals surface area contributed by atoms with Gasteiger partial charge < -0.3 is 10.6 Å². The Morgan fingerprint density at radius 3 is 2.66 bits per heavy atom. The van der Waals surface area contributed by atoms with Gasteiger partial charge in [0.25, 0.3) is 11.6 Å². The molecule has 0 bridgehead atoms. The first kappa shape index (κ1) is 20.1. The van der Waals surface area contributed by atoms with Gasteiger partial charge in [-0.2, -0.15) is 5.26 Å². The molecule has 29 heavy (non-hydrogen) atoms. The number of amides is 1. The van der Waals surface area contributed by atoms with Gasteiger partial charge in [0.2, 0.25) is 0 Å². The number of anilines is 1. The zero-order valence-electron chi connectivity index (χ0n) is 16.1. The number of nitro benzene ring substituents is 1. The Balaban J connectivity index is 1.71. The van der Waals surface area contributed by atoms with E-state index < -0.39 is 10.8 Å². The minimum atomic E-state index is -0.702. The predicted molar refractivity (Wildman–Crippen MR) is 110 cm³/mol. The fourth-order valence-corrected chi connectivity index (χ4v) is 3.40. The van der Waals surface area contributed by atoms with Crippen LogP contribution >= 0.6 is 0 Å². The Morgan fingerprint density at radius 1 is 1.21 bits per heavy atom. The van der Waals surface area contributed by atoms with Crippen LogP contribution in [0.2, 0.25) is 0 Å². The van der Waals surface area contributed by atoms with Crippen LogP contribution in [0.4, 0.5) is 11.4 Å². The lowest BCUT2D eigenvalue weighted by Gasteiger charge is -2.19. The highest BCUT2D eigenvalue weighted by Gasteiger charge is 2.18. The van der Waals surface area contributed by atoms with E-state index in [0.29, 0.717) is 0 Å². The van der Waals surface area contributed by atoms with Gasteiger partial charge in [0.15, 0.2) is 0 Å². The SMILES string of the molecule is CC(N/C=C(/C#N)C(=O)Nc1ccccc1[N+](=O)[O-])c1ccc2c(c1)CCCC2. The predicted octanol–water partition coefficient (Wildman–Crippen LogP) is 4.17. The van der Waals surface area contributed by atoms with Crippen molar-refractivity contribution in [3.63, 3.8) is 0 Å². The molecule has 0 heterocycles. The maximum Gasteiger partial charge on any atom is 0.292 e. The standard InChI is InChI=1S/C22H22N4O3/c1-15(17-11-10-16-6-2-3-7-18(16)12-17)24-14-19(13-23)22(27)25-20-8-4-5-9-21(20)26(28)29/h4-5,8-12,14-15,24H,2-3,6-7H2,1H3,(H,25,27)/b19-14-. The highest BCUT2D eigenvalue weighted by Crippen LogP contribution is 2.25. The normalized spacial score (nSPS) is 14.3. The summed E-state index contributed by atoms with van der Waals surface area (Å²) in [5.41, 5.74) is 3.50. The summed E-state index contributed by atoms with van der Waals surface area (Å²) < 4.78 is 0. The average molecular weight is 390 g/mol. The van der Waals surface area contributed by atoms with E-state index in [-0.39, 0.29) is 23.0 Å². The van der Waals surface area contributed by atoms with Crippen LogP contribution in [0.15, 0.2) is 54.2 Å². The molecule has 0 saturated carbocycles. The van der Waals surface area contributed by atoms with Gasteiger partial charge in [-0.25, -0.2) is 0 Å². The zero-order chi connectivity index (χ0) is 20.8. The molecule has 0 radical (unpaired) electrons. The van der Waals surface area contributed by atoms with E-state index in [0.717, 1.165) is 18.4 Å². The fourth-order valence-electron chi connectivity index (χ4n) is 3.40. The van der Waals surface area contributed by atoms with Gasteiger partial charge in [0, 0.05) is 18.3 Å². The van der Waals surface area contributed by atoms with Crippen LogP contribution in [0.5, 0.6) is 0 Å². The highest BCUT2D eigenvalue weighted by molar-refractivity contribution is 6.07. The third kappa shape index (κ3) is 4.79. The van der Waals surface area contributed by atoms with E-state index in [4.69, 9.17) is 0 Å². The molecule has 1 unspecified atom stereocenters. The summed E-state index contributed by atoms with van der Waals surface area (Å²) in [7, 11) is 0. The molecule has 0 aliphatic heterocycles. The molecule has 2 N–H and O–H groups in total. The number of nitro groups is 1. The van der Waals surface area contributed by atoms with Crippen molar-refractivity contribution in [2.45, 2.75) is 38.6 Å². The van der Waals surface area contributed by atoms with Crippen LogP contribution in [0.3, 0.4) is 0 Å². The van der Waals surface area contributed by atoms with E-state index >= 15 is 0 Å². The minimum Gasteiger partial charge on any atom is -0.383 e. The fraction of sp³-hybridized carbons (Fsp3) is 0.273. The van der Waals surface area contributed by atoms with Gasteiger partial charge in [0.1, 0.15) is 17.3 Å². The van der Waals surface area contributed by atoms with E-state index in [2.05, 4.69) is 28.8 Å².